The zero-order chi connectivity index (χ0) is 11.5. The molecule has 1 unspecified atom stereocenters. The number of amides is 1. The number of hydrogen-bond acceptors (Lipinski definition) is 4. The van der Waals surface area contributed by atoms with Gasteiger partial charge in [-0.15, -0.1) is 5.10 Å². The Kier molecular flexibility index (Phi) is 3.19. The maximum absolute atomic E-state index is 11.3. The van der Waals surface area contributed by atoms with E-state index in [0.717, 1.165) is 25.2 Å². The summed E-state index contributed by atoms with van der Waals surface area (Å²) in [5.74, 6) is 0.236. The van der Waals surface area contributed by atoms with Gasteiger partial charge in [0, 0.05) is 39.6 Å². The van der Waals surface area contributed by atoms with Crippen LogP contribution in [0.1, 0.15) is 18.5 Å². The number of likely N-dealkylation sites (tertiary alicyclic amines) is 1. The summed E-state index contributed by atoms with van der Waals surface area (Å²) in [6.07, 6.45) is 3.30. The molecular formula is C10H17N5O. The average Bonchev–Trinajstić information content (AvgIpc) is 2.66. The second-order valence-corrected chi connectivity index (χ2v) is 4.24. The zero-order valence-electron chi connectivity index (χ0n) is 9.68. The molecule has 88 valence electrons. The number of rotatable bonds is 3. The lowest BCUT2D eigenvalue weighted by Crippen LogP contribution is -2.46. The van der Waals surface area contributed by atoms with E-state index < -0.39 is 0 Å². The summed E-state index contributed by atoms with van der Waals surface area (Å²) in [6, 6.07) is 0.373. The van der Waals surface area contributed by atoms with E-state index in [1.165, 1.54) is 0 Å². The summed E-state index contributed by atoms with van der Waals surface area (Å²) in [6.45, 7) is 1.53. The van der Waals surface area contributed by atoms with Gasteiger partial charge in [-0.2, -0.15) is 0 Å². The first-order valence-corrected chi connectivity index (χ1v) is 5.47. The number of nitrogens with one attached hydrogen (secondary N) is 1. The standard InChI is InChI=1S/C10H17N5O/c1-14-7-8(3-4-10(14)16)11-5-9-6-12-13-15(9)2/h6,8,11H,3-5,7H2,1-2H3. The molecule has 6 heteroatoms. The molecule has 1 atom stereocenters. The largest absolute Gasteiger partial charge is 0.344 e. The molecule has 1 fully saturated rings. The van der Waals surface area contributed by atoms with Gasteiger partial charge in [0.15, 0.2) is 0 Å². The predicted octanol–water partition coefficient (Wildman–Crippen LogP) is -0.474. The number of piperidine rings is 1. The Morgan fingerprint density at radius 2 is 2.38 bits per heavy atom. The monoisotopic (exact) mass is 223 g/mol. The molecule has 1 saturated heterocycles. The van der Waals surface area contributed by atoms with E-state index in [1.54, 1.807) is 15.8 Å². The van der Waals surface area contributed by atoms with Crippen LogP contribution in [0.5, 0.6) is 0 Å². The van der Waals surface area contributed by atoms with Crippen molar-refractivity contribution in [2.75, 3.05) is 13.6 Å². The van der Waals surface area contributed by atoms with Gasteiger partial charge in [-0.05, 0) is 6.42 Å². The Balaban J connectivity index is 1.83. The summed E-state index contributed by atoms with van der Waals surface area (Å²) in [7, 11) is 3.72. The first-order chi connectivity index (χ1) is 7.66. The maximum atomic E-state index is 11.3. The summed E-state index contributed by atoms with van der Waals surface area (Å²) in [5.41, 5.74) is 1.06. The molecule has 0 aliphatic carbocycles. The molecule has 6 nitrogen and oxygen atoms in total. The fourth-order valence-electron chi connectivity index (χ4n) is 1.90. The zero-order valence-corrected chi connectivity index (χ0v) is 9.68. The van der Waals surface area contributed by atoms with Gasteiger partial charge in [0.05, 0.1) is 11.9 Å². The highest BCUT2D eigenvalue weighted by molar-refractivity contribution is 5.76. The van der Waals surface area contributed by atoms with E-state index in [9.17, 15) is 4.79 Å². The predicted molar refractivity (Wildman–Crippen MR) is 58.5 cm³/mol. The topological polar surface area (TPSA) is 63.0 Å². The van der Waals surface area contributed by atoms with Crippen molar-refractivity contribution in [2.45, 2.75) is 25.4 Å². The highest BCUT2D eigenvalue weighted by atomic mass is 16.2. The molecule has 0 radical (unpaired) electrons. The normalized spacial score (nSPS) is 21.5. The molecule has 1 aromatic heterocycles. The van der Waals surface area contributed by atoms with Crippen LogP contribution in [0.2, 0.25) is 0 Å². The first kappa shape index (κ1) is 11.1. The molecule has 2 rings (SSSR count). The van der Waals surface area contributed by atoms with Crippen LogP contribution < -0.4 is 5.32 Å². The Bertz CT molecular complexity index is 375. The summed E-state index contributed by atoms with van der Waals surface area (Å²) < 4.78 is 1.75. The van der Waals surface area contributed by atoms with E-state index in [0.29, 0.717) is 12.5 Å². The Morgan fingerprint density at radius 1 is 1.56 bits per heavy atom. The number of aromatic nitrogens is 3. The average molecular weight is 223 g/mol. The van der Waals surface area contributed by atoms with E-state index >= 15 is 0 Å². The Morgan fingerprint density at radius 3 is 3.00 bits per heavy atom. The third-order valence-electron chi connectivity index (χ3n) is 3.01. The molecule has 0 saturated carbocycles. The van der Waals surface area contributed by atoms with Crippen LogP contribution in [-0.2, 0) is 18.4 Å². The molecule has 16 heavy (non-hydrogen) atoms. The van der Waals surface area contributed by atoms with Crippen LogP contribution in [0.4, 0.5) is 0 Å². The second kappa shape index (κ2) is 4.61. The summed E-state index contributed by atoms with van der Waals surface area (Å²) in [4.78, 5) is 13.1. The minimum absolute atomic E-state index is 0.236. The molecule has 0 bridgehead atoms. The number of nitrogens with zero attached hydrogens (tertiary/aromatic N) is 4. The van der Waals surface area contributed by atoms with Gasteiger partial charge < -0.3 is 10.2 Å². The number of hydrogen-bond donors (Lipinski definition) is 1. The van der Waals surface area contributed by atoms with Gasteiger partial charge in [-0.25, -0.2) is 0 Å². The van der Waals surface area contributed by atoms with Crippen LogP contribution >= 0.6 is 0 Å². The molecule has 0 spiro atoms. The highest BCUT2D eigenvalue weighted by Gasteiger charge is 2.22. The molecule has 0 aromatic carbocycles. The van der Waals surface area contributed by atoms with Crippen molar-refractivity contribution in [3.8, 4) is 0 Å². The summed E-state index contributed by atoms with van der Waals surface area (Å²) in [5, 5.41) is 11.1. The first-order valence-electron chi connectivity index (χ1n) is 5.47. The molecule has 1 aromatic rings. The van der Waals surface area contributed by atoms with Gasteiger partial charge in [0.2, 0.25) is 5.91 Å². The van der Waals surface area contributed by atoms with Crippen LogP contribution in [-0.4, -0.2) is 45.4 Å². The number of carbonyl (C=O) groups excluding carboxylic acids is 1. The Hall–Kier alpha value is -1.43. The Labute approximate surface area is 94.6 Å². The molecule has 1 aliphatic rings. The quantitative estimate of drug-likeness (QED) is 0.752. The van der Waals surface area contributed by atoms with Crippen LogP contribution in [0, 0.1) is 0 Å². The fraction of sp³-hybridized carbons (Fsp3) is 0.700. The van der Waals surface area contributed by atoms with Gasteiger partial charge in [-0.1, -0.05) is 5.21 Å². The highest BCUT2D eigenvalue weighted by Crippen LogP contribution is 2.10. The van der Waals surface area contributed by atoms with Gasteiger partial charge in [0.25, 0.3) is 0 Å². The van der Waals surface area contributed by atoms with E-state index in [4.69, 9.17) is 0 Å². The van der Waals surface area contributed by atoms with E-state index in [1.807, 2.05) is 14.1 Å². The lowest BCUT2D eigenvalue weighted by Gasteiger charge is -2.30. The van der Waals surface area contributed by atoms with Crippen LogP contribution in [0.25, 0.3) is 0 Å². The van der Waals surface area contributed by atoms with Gasteiger partial charge in [-0.3, -0.25) is 9.48 Å². The van der Waals surface area contributed by atoms with Crippen molar-refractivity contribution >= 4 is 5.91 Å². The minimum Gasteiger partial charge on any atom is -0.344 e. The van der Waals surface area contributed by atoms with Crippen molar-refractivity contribution in [3.05, 3.63) is 11.9 Å². The number of carbonyl (C=O) groups is 1. The molecule has 1 N–H and O–H groups in total. The molecule has 2 heterocycles. The van der Waals surface area contributed by atoms with E-state index in [-0.39, 0.29) is 5.91 Å². The third-order valence-corrected chi connectivity index (χ3v) is 3.01. The molecular weight excluding hydrogens is 206 g/mol. The van der Waals surface area contributed by atoms with Crippen LogP contribution in [0.15, 0.2) is 6.20 Å². The van der Waals surface area contributed by atoms with Crippen molar-refractivity contribution in [3.63, 3.8) is 0 Å². The molecule has 1 aliphatic heterocycles. The lowest BCUT2D eigenvalue weighted by molar-refractivity contribution is -0.132. The van der Waals surface area contributed by atoms with Crippen molar-refractivity contribution < 1.29 is 4.79 Å². The molecule has 1 amide bonds. The van der Waals surface area contributed by atoms with E-state index in [2.05, 4.69) is 15.6 Å². The van der Waals surface area contributed by atoms with Gasteiger partial charge >= 0.3 is 0 Å². The second-order valence-electron chi connectivity index (χ2n) is 4.24. The minimum atomic E-state index is 0.236. The van der Waals surface area contributed by atoms with Crippen molar-refractivity contribution in [2.24, 2.45) is 7.05 Å². The lowest BCUT2D eigenvalue weighted by atomic mass is 10.1. The van der Waals surface area contributed by atoms with Crippen LogP contribution in [0.3, 0.4) is 0 Å². The third kappa shape index (κ3) is 2.38. The summed E-state index contributed by atoms with van der Waals surface area (Å²) >= 11 is 0. The number of likely N-dealkylation sites (N-methyl/N-ethyl adjacent to an activating group) is 1. The SMILES string of the molecule is CN1CC(NCc2cnnn2C)CCC1=O. The fourth-order valence-corrected chi connectivity index (χ4v) is 1.90. The maximum Gasteiger partial charge on any atom is 0.222 e. The smallest absolute Gasteiger partial charge is 0.222 e. The van der Waals surface area contributed by atoms with Gasteiger partial charge in [0.1, 0.15) is 0 Å². The van der Waals surface area contributed by atoms with Crippen molar-refractivity contribution in [1.82, 2.24) is 25.2 Å². The van der Waals surface area contributed by atoms with Crippen molar-refractivity contribution in [1.29, 1.82) is 0 Å². The number of aryl methyl sites for hydroxylation is 1.